The van der Waals surface area contributed by atoms with Gasteiger partial charge in [-0.1, -0.05) is 19.8 Å². The van der Waals surface area contributed by atoms with Crippen molar-refractivity contribution in [2.45, 2.75) is 83.4 Å². The Bertz CT molecular complexity index is 552. The summed E-state index contributed by atoms with van der Waals surface area (Å²) in [6.07, 6.45) is 12.3. The van der Waals surface area contributed by atoms with Crippen LogP contribution in [0.2, 0.25) is 0 Å². The third kappa shape index (κ3) is 5.36. The molecule has 4 nitrogen and oxygen atoms in total. The van der Waals surface area contributed by atoms with Gasteiger partial charge in [-0.05, 0) is 69.7 Å². The molecule has 0 spiro atoms. The van der Waals surface area contributed by atoms with Crippen molar-refractivity contribution in [2.24, 2.45) is 5.92 Å². The van der Waals surface area contributed by atoms with Crippen LogP contribution in [0.1, 0.15) is 69.8 Å². The van der Waals surface area contributed by atoms with Gasteiger partial charge in [-0.2, -0.15) is 0 Å². The molecule has 1 atom stereocenters. The molecular formula is C23H38N2O2. The number of hydrogen-bond acceptors (Lipinski definition) is 4. The number of ether oxygens (including phenoxy) is 1. The standard InChI is InChI=1S/C23H38N2O2/c1-2-21-9-10-23(27-21)18-24(17-22-8-5-15-26-22)16-19-11-13-25(14-12-19)20-6-3-4-7-20/h9-10,19-20,22H,2-8,11-18H2,1H3/t22-/m0/s1. The highest BCUT2D eigenvalue weighted by Gasteiger charge is 2.29. The molecule has 1 saturated carbocycles. The van der Waals surface area contributed by atoms with Crippen molar-refractivity contribution < 1.29 is 9.15 Å². The first-order valence-electron chi connectivity index (χ1n) is 11.5. The normalized spacial score (nSPS) is 25.8. The van der Waals surface area contributed by atoms with E-state index in [9.17, 15) is 0 Å². The van der Waals surface area contributed by atoms with Gasteiger partial charge in [0.1, 0.15) is 11.5 Å². The van der Waals surface area contributed by atoms with E-state index in [0.29, 0.717) is 6.10 Å². The van der Waals surface area contributed by atoms with Crippen LogP contribution in [0.3, 0.4) is 0 Å². The predicted octanol–water partition coefficient (Wildman–Crippen LogP) is 4.48. The molecule has 4 heteroatoms. The molecule has 4 rings (SSSR count). The van der Waals surface area contributed by atoms with E-state index in [0.717, 1.165) is 49.6 Å². The molecule has 0 aromatic carbocycles. The van der Waals surface area contributed by atoms with Gasteiger partial charge in [0.25, 0.3) is 0 Å². The topological polar surface area (TPSA) is 28.9 Å². The third-order valence-electron chi connectivity index (χ3n) is 6.94. The fourth-order valence-corrected chi connectivity index (χ4v) is 5.33. The molecule has 2 saturated heterocycles. The van der Waals surface area contributed by atoms with Crippen LogP contribution in [-0.4, -0.2) is 54.7 Å². The molecule has 3 heterocycles. The van der Waals surface area contributed by atoms with Crippen molar-refractivity contribution in [1.82, 2.24) is 9.80 Å². The molecular weight excluding hydrogens is 336 g/mol. The average molecular weight is 375 g/mol. The van der Waals surface area contributed by atoms with E-state index in [4.69, 9.17) is 9.15 Å². The van der Waals surface area contributed by atoms with Crippen LogP contribution in [0.5, 0.6) is 0 Å². The summed E-state index contributed by atoms with van der Waals surface area (Å²) in [6, 6.07) is 5.20. The largest absolute Gasteiger partial charge is 0.465 e. The van der Waals surface area contributed by atoms with Crippen molar-refractivity contribution in [3.8, 4) is 0 Å². The Hall–Kier alpha value is -0.840. The average Bonchev–Trinajstić information content (AvgIpc) is 3.45. The van der Waals surface area contributed by atoms with Gasteiger partial charge in [0.2, 0.25) is 0 Å². The summed E-state index contributed by atoms with van der Waals surface area (Å²) in [7, 11) is 0. The van der Waals surface area contributed by atoms with Crippen LogP contribution < -0.4 is 0 Å². The first-order valence-corrected chi connectivity index (χ1v) is 11.5. The second-order valence-electron chi connectivity index (χ2n) is 8.97. The molecule has 1 aromatic rings. The molecule has 0 bridgehead atoms. The summed E-state index contributed by atoms with van der Waals surface area (Å²) in [5.41, 5.74) is 0. The Morgan fingerprint density at radius 2 is 1.74 bits per heavy atom. The maximum Gasteiger partial charge on any atom is 0.118 e. The van der Waals surface area contributed by atoms with Crippen LogP contribution in [0.4, 0.5) is 0 Å². The number of likely N-dealkylation sites (tertiary alicyclic amines) is 1. The van der Waals surface area contributed by atoms with Crippen molar-refractivity contribution in [3.63, 3.8) is 0 Å². The lowest BCUT2D eigenvalue weighted by atomic mass is 9.94. The van der Waals surface area contributed by atoms with Gasteiger partial charge in [0, 0.05) is 32.2 Å². The van der Waals surface area contributed by atoms with Crippen LogP contribution >= 0.6 is 0 Å². The Morgan fingerprint density at radius 1 is 0.963 bits per heavy atom. The molecule has 0 amide bonds. The van der Waals surface area contributed by atoms with E-state index < -0.39 is 0 Å². The number of hydrogen-bond donors (Lipinski definition) is 0. The van der Waals surface area contributed by atoms with E-state index in [2.05, 4.69) is 28.9 Å². The van der Waals surface area contributed by atoms with Gasteiger partial charge < -0.3 is 14.1 Å². The highest BCUT2D eigenvalue weighted by Crippen LogP contribution is 2.28. The number of rotatable bonds is 8. The zero-order valence-electron chi connectivity index (χ0n) is 17.2. The molecule has 1 aliphatic carbocycles. The SMILES string of the molecule is CCc1ccc(CN(CC2CCN(C3CCCC3)CC2)C[C@@H]2CCCO2)o1. The fourth-order valence-electron chi connectivity index (χ4n) is 5.33. The molecule has 3 aliphatic rings. The van der Waals surface area contributed by atoms with Gasteiger partial charge >= 0.3 is 0 Å². The fraction of sp³-hybridized carbons (Fsp3) is 0.826. The second kappa shape index (κ2) is 9.58. The summed E-state index contributed by atoms with van der Waals surface area (Å²) in [4.78, 5) is 5.40. The van der Waals surface area contributed by atoms with Crippen LogP contribution in [-0.2, 0) is 17.7 Å². The number of aryl methyl sites for hydroxylation is 1. The van der Waals surface area contributed by atoms with Crippen molar-refractivity contribution in [2.75, 3.05) is 32.8 Å². The summed E-state index contributed by atoms with van der Waals surface area (Å²) in [6.45, 7) is 8.91. The molecule has 27 heavy (non-hydrogen) atoms. The Kier molecular flexibility index (Phi) is 6.91. The lowest BCUT2D eigenvalue weighted by Gasteiger charge is -2.38. The van der Waals surface area contributed by atoms with Gasteiger partial charge in [0.05, 0.1) is 12.6 Å². The predicted molar refractivity (Wildman–Crippen MR) is 109 cm³/mol. The maximum absolute atomic E-state index is 6.01. The summed E-state index contributed by atoms with van der Waals surface area (Å²) < 4.78 is 12.0. The van der Waals surface area contributed by atoms with Gasteiger partial charge in [-0.3, -0.25) is 4.90 Å². The first kappa shape index (κ1) is 19.5. The highest BCUT2D eigenvalue weighted by atomic mass is 16.5. The smallest absolute Gasteiger partial charge is 0.118 e. The molecule has 152 valence electrons. The minimum atomic E-state index is 0.421. The monoisotopic (exact) mass is 374 g/mol. The van der Waals surface area contributed by atoms with Crippen LogP contribution in [0, 0.1) is 5.92 Å². The number of nitrogens with zero attached hydrogens (tertiary/aromatic N) is 2. The Balaban J connectivity index is 1.31. The quantitative estimate of drug-likeness (QED) is 0.671. The Labute approximate surface area is 165 Å². The second-order valence-corrected chi connectivity index (χ2v) is 8.97. The molecule has 0 N–H and O–H groups in total. The summed E-state index contributed by atoms with van der Waals surface area (Å²) in [5, 5.41) is 0. The highest BCUT2D eigenvalue weighted by molar-refractivity contribution is 5.07. The molecule has 0 unspecified atom stereocenters. The van der Waals surface area contributed by atoms with Crippen molar-refractivity contribution in [3.05, 3.63) is 23.7 Å². The Morgan fingerprint density at radius 3 is 2.41 bits per heavy atom. The van der Waals surface area contributed by atoms with E-state index in [-0.39, 0.29) is 0 Å². The maximum atomic E-state index is 6.01. The van der Waals surface area contributed by atoms with Gasteiger partial charge in [-0.25, -0.2) is 0 Å². The number of furan rings is 1. The van der Waals surface area contributed by atoms with Gasteiger partial charge in [0.15, 0.2) is 0 Å². The van der Waals surface area contributed by atoms with E-state index in [1.807, 2.05) is 0 Å². The van der Waals surface area contributed by atoms with E-state index in [1.54, 1.807) is 0 Å². The van der Waals surface area contributed by atoms with Crippen molar-refractivity contribution in [1.29, 1.82) is 0 Å². The minimum Gasteiger partial charge on any atom is -0.465 e. The van der Waals surface area contributed by atoms with Crippen LogP contribution in [0.25, 0.3) is 0 Å². The zero-order chi connectivity index (χ0) is 18.5. The first-order chi connectivity index (χ1) is 13.3. The molecule has 1 aromatic heterocycles. The van der Waals surface area contributed by atoms with E-state index in [1.165, 1.54) is 71.0 Å². The summed E-state index contributed by atoms with van der Waals surface area (Å²) in [5.74, 6) is 3.05. The molecule has 3 fully saturated rings. The van der Waals surface area contributed by atoms with Crippen molar-refractivity contribution >= 4 is 0 Å². The lowest BCUT2D eigenvalue weighted by molar-refractivity contribution is 0.0514. The van der Waals surface area contributed by atoms with Crippen LogP contribution in [0.15, 0.2) is 16.5 Å². The molecule has 2 aliphatic heterocycles. The minimum absolute atomic E-state index is 0.421. The van der Waals surface area contributed by atoms with Gasteiger partial charge in [-0.15, -0.1) is 0 Å². The third-order valence-corrected chi connectivity index (χ3v) is 6.94. The number of piperidine rings is 1. The molecule has 0 radical (unpaired) electrons. The zero-order valence-corrected chi connectivity index (χ0v) is 17.2. The van der Waals surface area contributed by atoms with E-state index >= 15 is 0 Å². The summed E-state index contributed by atoms with van der Waals surface area (Å²) >= 11 is 0. The lowest BCUT2D eigenvalue weighted by Crippen LogP contribution is -2.43.